The first-order valence-corrected chi connectivity index (χ1v) is 28.3. The number of carbonyl (C=O) groups excluding carboxylic acids is 1. The number of hydrogen-bond acceptors (Lipinski definition) is 4. The van der Waals surface area contributed by atoms with Crippen molar-refractivity contribution < 1.29 is 9.53 Å². The van der Waals surface area contributed by atoms with Crippen LogP contribution in [0.5, 0.6) is 0 Å². The summed E-state index contributed by atoms with van der Waals surface area (Å²) in [7, 11) is 0. The summed E-state index contributed by atoms with van der Waals surface area (Å²) in [5.74, 6) is -0.328. The van der Waals surface area contributed by atoms with Crippen molar-refractivity contribution in [2.75, 3.05) is 9.80 Å². The fraction of sp³-hybridized carbons (Fsp3) is 0.471. The molecule has 10 rings (SSSR count). The summed E-state index contributed by atoms with van der Waals surface area (Å²) in [5.41, 5.74) is 22.4. The van der Waals surface area contributed by atoms with Crippen LogP contribution in [0.4, 0.5) is 34.1 Å². The molecule has 0 spiro atoms. The van der Waals surface area contributed by atoms with Gasteiger partial charge in [0.25, 0.3) is 6.71 Å². The lowest BCUT2D eigenvalue weighted by atomic mass is 9.32. The van der Waals surface area contributed by atoms with E-state index in [0.29, 0.717) is 5.56 Å². The van der Waals surface area contributed by atoms with Gasteiger partial charge in [-0.2, -0.15) is 0 Å². The topological polar surface area (TPSA) is 32.8 Å². The number of carbonyl (C=O) groups is 1. The van der Waals surface area contributed by atoms with Crippen LogP contribution in [0.3, 0.4) is 0 Å². The molecule has 0 N–H and O–H groups in total. The third-order valence-electron chi connectivity index (χ3n) is 18.3. The van der Waals surface area contributed by atoms with Crippen LogP contribution < -0.4 is 26.2 Å². The van der Waals surface area contributed by atoms with Gasteiger partial charge in [-0.15, -0.1) is 0 Å². The number of ether oxygens (including phenoxy) is 1. The van der Waals surface area contributed by atoms with E-state index in [0.717, 1.165) is 54.0 Å². The molecule has 0 saturated heterocycles. The Bertz CT molecular complexity index is 3030. The monoisotopic (exact) mass is 999 g/mol. The van der Waals surface area contributed by atoms with Crippen molar-refractivity contribution in [3.8, 4) is 0 Å². The third kappa shape index (κ3) is 9.18. The van der Waals surface area contributed by atoms with Crippen molar-refractivity contribution in [3.05, 3.63) is 159 Å². The number of hydrogen-bond donors (Lipinski definition) is 0. The molecule has 0 atom stereocenters. The fourth-order valence-electron chi connectivity index (χ4n) is 12.8. The lowest BCUT2D eigenvalue weighted by Crippen LogP contribution is -2.62. The molecule has 6 aromatic carbocycles. The van der Waals surface area contributed by atoms with Crippen molar-refractivity contribution in [1.29, 1.82) is 0 Å². The highest BCUT2D eigenvalue weighted by atomic mass is 16.5. The Labute approximate surface area is 453 Å². The van der Waals surface area contributed by atoms with Crippen LogP contribution in [0.25, 0.3) is 0 Å². The van der Waals surface area contributed by atoms with Crippen molar-refractivity contribution in [2.24, 2.45) is 0 Å². The Balaban J connectivity index is 1.40. The van der Waals surface area contributed by atoms with Crippen molar-refractivity contribution >= 4 is 63.2 Å². The summed E-state index contributed by atoms with van der Waals surface area (Å²) >= 11 is 0. The number of fused-ring (bicyclic) bond motifs is 6. The molecular formula is C70H87BN2O2. The molecule has 5 heteroatoms. The second-order valence-corrected chi connectivity index (χ2v) is 30.1. The molecular weight excluding hydrogens is 912 g/mol. The molecule has 0 unspecified atom stereocenters. The first-order valence-electron chi connectivity index (χ1n) is 28.3. The molecule has 6 aromatic rings. The molecule has 4 aliphatic rings. The maximum absolute atomic E-state index is 15.2. The number of esters is 1. The van der Waals surface area contributed by atoms with E-state index in [1.807, 2.05) is 30.3 Å². The van der Waals surface area contributed by atoms with Gasteiger partial charge in [0.2, 0.25) is 0 Å². The highest BCUT2D eigenvalue weighted by Gasteiger charge is 2.49. The van der Waals surface area contributed by atoms with Crippen LogP contribution in [0.2, 0.25) is 0 Å². The zero-order chi connectivity index (χ0) is 54.5. The largest absolute Gasteiger partial charge is 0.457 e. The van der Waals surface area contributed by atoms with E-state index in [1.54, 1.807) is 0 Å². The zero-order valence-electron chi connectivity index (χ0n) is 49.6. The van der Waals surface area contributed by atoms with Crippen molar-refractivity contribution in [3.63, 3.8) is 0 Å². The van der Waals surface area contributed by atoms with Crippen LogP contribution in [-0.2, 0) is 54.7 Å². The first-order chi connectivity index (χ1) is 34.6. The van der Waals surface area contributed by atoms with Gasteiger partial charge in [0, 0.05) is 34.1 Å². The van der Waals surface area contributed by atoms with Gasteiger partial charge >= 0.3 is 5.97 Å². The minimum Gasteiger partial charge on any atom is -0.457 e. The second-order valence-electron chi connectivity index (χ2n) is 30.1. The molecule has 2 aliphatic carbocycles. The minimum atomic E-state index is -0.328. The Kier molecular flexibility index (Phi) is 12.1. The standard InChI is InChI=1S/C70H87BN2O2/c1-63(2,3)45-32-46(64(4,5)6)35-49(34-45)72-57-40-53-51(67(13,14)26-28-69(53,17)18)38-55(57)71-56-39-52-54(70(19,20)29-27-68(52,15)16)41-58(56)73(50-36-47(65(7,8)9)33-48(37-50)66(10,11)12)60-31-44(30-59(72)61(60)71)62(74)75-42-43-24-22-21-23-25-43/h21-25,30-41H,26-29,42H2,1-20H3. The first kappa shape index (κ1) is 52.9. The summed E-state index contributed by atoms with van der Waals surface area (Å²) in [5, 5.41) is 0. The summed E-state index contributed by atoms with van der Waals surface area (Å²) < 4.78 is 6.40. The number of benzene rings is 6. The Hall–Kier alpha value is -5.55. The molecule has 2 heterocycles. The van der Waals surface area contributed by atoms with Gasteiger partial charge in [-0.1, -0.05) is 193 Å². The molecule has 392 valence electrons. The van der Waals surface area contributed by atoms with Crippen LogP contribution in [-0.4, -0.2) is 12.7 Å². The van der Waals surface area contributed by atoms with Crippen LogP contribution in [0, 0.1) is 0 Å². The van der Waals surface area contributed by atoms with Gasteiger partial charge in [0.15, 0.2) is 0 Å². The van der Waals surface area contributed by atoms with E-state index in [4.69, 9.17) is 4.74 Å². The van der Waals surface area contributed by atoms with Gasteiger partial charge in [0.1, 0.15) is 6.61 Å². The Morgan fingerprint density at radius 2 is 0.787 bits per heavy atom. The van der Waals surface area contributed by atoms with Gasteiger partial charge in [-0.05, 0) is 184 Å². The predicted octanol–water partition coefficient (Wildman–Crippen LogP) is 17.0. The minimum absolute atomic E-state index is 0.0199. The molecule has 0 bridgehead atoms. The van der Waals surface area contributed by atoms with E-state index in [-0.39, 0.29) is 62.6 Å². The van der Waals surface area contributed by atoms with Crippen LogP contribution >= 0.6 is 0 Å². The Morgan fingerprint density at radius 1 is 0.453 bits per heavy atom. The fourth-order valence-corrected chi connectivity index (χ4v) is 12.8. The van der Waals surface area contributed by atoms with Gasteiger partial charge in [-0.3, -0.25) is 0 Å². The summed E-state index contributed by atoms with van der Waals surface area (Å²) in [4.78, 5) is 20.4. The van der Waals surface area contributed by atoms with Gasteiger partial charge < -0.3 is 14.5 Å². The summed E-state index contributed by atoms with van der Waals surface area (Å²) in [6.07, 6.45) is 4.47. The SMILES string of the molecule is CC(C)(C)c1cc(N2c3cc4c(cc3B3c5cc6c(cc5N(c5cc(C(C)(C)C)cc(C(C)(C)C)c5)c5cc(C(=O)OCc7ccccc7)cc2c53)C(C)(C)CCC6(C)C)C(C)(C)CCC4(C)C)cc(C(C)(C)C)c1. The molecule has 4 nitrogen and oxygen atoms in total. The van der Waals surface area contributed by atoms with Crippen LogP contribution in [0.15, 0.2) is 103 Å². The normalized spacial score (nSPS) is 18.1. The highest BCUT2D eigenvalue weighted by molar-refractivity contribution is 7.00. The maximum Gasteiger partial charge on any atom is 0.338 e. The molecule has 0 amide bonds. The molecule has 0 aromatic heterocycles. The third-order valence-corrected chi connectivity index (χ3v) is 18.3. The number of rotatable bonds is 5. The molecule has 75 heavy (non-hydrogen) atoms. The van der Waals surface area contributed by atoms with E-state index in [9.17, 15) is 0 Å². The summed E-state index contributed by atoms with van der Waals surface area (Å²) in [6.45, 7) is 47.7. The van der Waals surface area contributed by atoms with E-state index < -0.39 is 0 Å². The van der Waals surface area contributed by atoms with E-state index in [1.165, 1.54) is 72.3 Å². The van der Waals surface area contributed by atoms with Crippen molar-refractivity contribution in [2.45, 2.75) is 214 Å². The second kappa shape index (κ2) is 17.2. The average Bonchev–Trinajstić information content (AvgIpc) is 3.31. The Morgan fingerprint density at radius 3 is 1.12 bits per heavy atom. The quantitative estimate of drug-likeness (QED) is 0.127. The molecule has 2 aliphatic heterocycles. The van der Waals surface area contributed by atoms with E-state index in [2.05, 4.69) is 221 Å². The predicted molar refractivity (Wildman–Crippen MR) is 321 cm³/mol. The number of anilines is 6. The smallest absolute Gasteiger partial charge is 0.338 e. The van der Waals surface area contributed by atoms with Crippen LogP contribution in [0.1, 0.15) is 225 Å². The summed E-state index contributed by atoms with van der Waals surface area (Å²) in [6, 6.07) is 39.6. The average molecular weight is 999 g/mol. The van der Waals surface area contributed by atoms with Crippen molar-refractivity contribution in [1.82, 2.24) is 0 Å². The van der Waals surface area contributed by atoms with Gasteiger partial charge in [-0.25, -0.2) is 4.79 Å². The molecule has 0 fully saturated rings. The maximum atomic E-state index is 15.2. The molecule has 0 radical (unpaired) electrons. The van der Waals surface area contributed by atoms with Gasteiger partial charge in [0.05, 0.1) is 5.56 Å². The highest BCUT2D eigenvalue weighted by Crippen LogP contribution is 2.54. The number of nitrogens with zero attached hydrogens (tertiary/aromatic N) is 2. The lowest BCUT2D eigenvalue weighted by molar-refractivity contribution is 0.0472. The molecule has 0 saturated carbocycles. The zero-order valence-corrected chi connectivity index (χ0v) is 49.6. The van der Waals surface area contributed by atoms with E-state index >= 15 is 4.79 Å². The lowest BCUT2D eigenvalue weighted by Gasteiger charge is -2.49.